The Kier molecular flexibility index (Phi) is 4.63. The molecule has 0 aromatic heterocycles. The van der Waals surface area contributed by atoms with Crippen LogP contribution in [0.25, 0.3) is 10.8 Å². The molecule has 0 saturated heterocycles. The van der Waals surface area contributed by atoms with Crippen LogP contribution in [0.1, 0.15) is 5.56 Å². The fraction of sp³-hybridized carbons (Fsp3) is 0.238. The number of nitrogens with zero attached hydrogens (tertiary/aromatic N) is 1. The van der Waals surface area contributed by atoms with Crippen molar-refractivity contribution in [2.45, 2.75) is 6.54 Å². The van der Waals surface area contributed by atoms with Gasteiger partial charge in [-0.2, -0.15) is 0 Å². The molecule has 0 amide bonds. The molecule has 23 heavy (non-hydrogen) atoms. The molecule has 0 unspecified atom stereocenters. The van der Waals surface area contributed by atoms with Crippen molar-refractivity contribution in [2.24, 2.45) is 0 Å². The molecule has 118 valence electrons. The first-order valence-corrected chi connectivity index (χ1v) is 8.10. The van der Waals surface area contributed by atoms with Crippen molar-refractivity contribution in [1.29, 1.82) is 0 Å². The summed E-state index contributed by atoms with van der Waals surface area (Å²) < 4.78 is 6.74. The zero-order chi connectivity index (χ0) is 16.1. The van der Waals surface area contributed by atoms with E-state index >= 15 is 0 Å². The minimum Gasteiger partial charge on any atom is -0.488 e. The van der Waals surface area contributed by atoms with E-state index in [1.807, 2.05) is 30.3 Å². The molecule has 0 spiro atoms. The van der Waals surface area contributed by atoms with Crippen LogP contribution in [0.2, 0.25) is 0 Å². The predicted octanol–water partition coefficient (Wildman–Crippen LogP) is 4.50. The second kappa shape index (κ2) is 6.84. The lowest BCUT2D eigenvalue weighted by atomic mass is 10.1. The van der Waals surface area contributed by atoms with Gasteiger partial charge >= 0.3 is 0 Å². The van der Waals surface area contributed by atoms with Gasteiger partial charge in [-0.3, -0.25) is 0 Å². The average Bonchev–Trinajstić information content (AvgIpc) is 2.55. The van der Waals surface area contributed by atoms with Gasteiger partial charge < -0.3 is 9.22 Å². The summed E-state index contributed by atoms with van der Waals surface area (Å²) in [5.41, 5.74) is 1.37. The minimum atomic E-state index is 0.727. The number of benzene rings is 3. The van der Waals surface area contributed by atoms with Crippen LogP contribution in [0.15, 0.2) is 72.8 Å². The van der Waals surface area contributed by atoms with Crippen LogP contribution < -0.4 is 4.74 Å². The van der Waals surface area contributed by atoms with Crippen LogP contribution in [-0.2, 0) is 6.54 Å². The molecule has 0 fully saturated rings. The third-order valence-electron chi connectivity index (χ3n) is 4.13. The zero-order valence-corrected chi connectivity index (χ0v) is 13.9. The van der Waals surface area contributed by atoms with Crippen LogP contribution in [0.3, 0.4) is 0 Å². The third-order valence-corrected chi connectivity index (χ3v) is 4.13. The smallest absolute Gasteiger partial charge is 0.137 e. The molecule has 0 heterocycles. The van der Waals surface area contributed by atoms with Gasteiger partial charge in [-0.25, -0.2) is 0 Å². The molecule has 3 aromatic carbocycles. The van der Waals surface area contributed by atoms with Gasteiger partial charge in [0, 0.05) is 5.56 Å². The summed E-state index contributed by atoms with van der Waals surface area (Å²) in [6.45, 7) is 2.70. The van der Waals surface area contributed by atoms with Crippen LogP contribution in [0, 0.1) is 0 Å². The molecular weight excluding hydrogens is 282 g/mol. The maximum atomic E-state index is 5.83. The van der Waals surface area contributed by atoms with E-state index in [1.54, 1.807) is 0 Å². The number of rotatable bonds is 6. The van der Waals surface area contributed by atoms with Gasteiger partial charge in [0.15, 0.2) is 0 Å². The molecule has 2 heteroatoms. The van der Waals surface area contributed by atoms with Gasteiger partial charge in [0.25, 0.3) is 0 Å². The van der Waals surface area contributed by atoms with Crippen LogP contribution in [0.4, 0.5) is 0 Å². The number of hydrogen-bond donors (Lipinski definition) is 0. The lowest BCUT2D eigenvalue weighted by Crippen LogP contribution is -2.41. The fourth-order valence-corrected chi connectivity index (χ4v) is 2.84. The Morgan fingerprint density at radius 3 is 2.26 bits per heavy atom. The average molecular weight is 306 g/mol. The Bertz CT molecular complexity index is 765. The molecule has 0 radical (unpaired) electrons. The van der Waals surface area contributed by atoms with Gasteiger partial charge in [0.1, 0.15) is 25.4 Å². The minimum absolute atomic E-state index is 0.727. The van der Waals surface area contributed by atoms with E-state index in [1.165, 1.54) is 16.3 Å². The van der Waals surface area contributed by atoms with Crippen molar-refractivity contribution in [3.8, 4) is 5.75 Å². The summed E-state index contributed by atoms with van der Waals surface area (Å²) in [5, 5.41) is 2.61. The highest BCUT2D eigenvalue weighted by Gasteiger charge is 2.16. The second-order valence-corrected chi connectivity index (χ2v) is 6.66. The Balaban J connectivity index is 1.60. The first-order valence-electron chi connectivity index (χ1n) is 8.10. The second-order valence-electron chi connectivity index (χ2n) is 6.66. The van der Waals surface area contributed by atoms with Crippen LogP contribution >= 0.6 is 0 Å². The molecule has 0 bridgehead atoms. The molecule has 0 aliphatic heterocycles. The Morgan fingerprint density at radius 1 is 0.783 bits per heavy atom. The van der Waals surface area contributed by atoms with E-state index in [0.717, 1.165) is 29.9 Å². The summed E-state index contributed by atoms with van der Waals surface area (Å²) in [7, 11) is 4.51. The molecular formula is C21H24NO+. The lowest BCUT2D eigenvalue weighted by Gasteiger charge is -2.30. The molecule has 3 rings (SSSR count). The molecule has 0 saturated carbocycles. The molecule has 2 nitrogen and oxygen atoms in total. The van der Waals surface area contributed by atoms with E-state index in [-0.39, 0.29) is 0 Å². The summed E-state index contributed by atoms with van der Waals surface area (Å²) >= 11 is 0. The van der Waals surface area contributed by atoms with Gasteiger partial charge in [-0.1, -0.05) is 54.6 Å². The lowest BCUT2D eigenvalue weighted by molar-refractivity contribution is -0.903. The maximum absolute atomic E-state index is 5.83. The van der Waals surface area contributed by atoms with E-state index in [9.17, 15) is 0 Å². The molecule has 0 atom stereocenters. The van der Waals surface area contributed by atoms with Crippen molar-refractivity contribution < 1.29 is 9.22 Å². The summed E-state index contributed by atoms with van der Waals surface area (Å²) in [4.78, 5) is 0. The Hall–Kier alpha value is -2.32. The van der Waals surface area contributed by atoms with Gasteiger partial charge in [-0.05, 0) is 29.0 Å². The fourth-order valence-electron chi connectivity index (χ4n) is 2.84. The number of ether oxygens (including phenoxy) is 1. The van der Waals surface area contributed by atoms with Crippen molar-refractivity contribution >= 4 is 10.8 Å². The topological polar surface area (TPSA) is 9.23 Å². The number of para-hydroxylation sites is 1. The first kappa shape index (κ1) is 15.6. The number of hydrogen-bond acceptors (Lipinski definition) is 1. The molecule has 0 N–H and O–H groups in total. The van der Waals surface area contributed by atoms with Crippen LogP contribution in [0.5, 0.6) is 5.75 Å². The van der Waals surface area contributed by atoms with Crippen molar-refractivity contribution in [3.63, 3.8) is 0 Å². The summed E-state index contributed by atoms with van der Waals surface area (Å²) in [5.74, 6) is 0.943. The van der Waals surface area contributed by atoms with Crippen LogP contribution in [-0.4, -0.2) is 31.7 Å². The highest BCUT2D eigenvalue weighted by Crippen LogP contribution is 2.18. The largest absolute Gasteiger partial charge is 0.488 e. The monoisotopic (exact) mass is 306 g/mol. The summed E-state index contributed by atoms with van der Waals surface area (Å²) in [6, 6.07) is 25.3. The van der Waals surface area contributed by atoms with E-state index in [4.69, 9.17) is 4.74 Å². The van der Waals surface area contributed by atoms with Gasteiger partial charge in [0.05, 0.1) is 14.1 Å². The zero-order valence-electron chi connectivity index (χ0n) is 13.9. The van der Waals surface area contributed by atoms with E-state index < -0.39 is 0 Å². The molecule has 3 aromatic rings. The normalized spacial score (nSPS) is 11.6. The number of quaternary nitrogens is 1. The third kappa shape index (κ3) is 4.33. The Labute approximate surface area is 138 Å². The van der Waals surface area contributed by atoms with Crippen molar-refractivity contribution in [2.75, 3.05) is 27.2 Å². The standard InChI is InChI=1S/C21H24NO/c1-22(2,14-15-23-21-10-4-3-5-11-21)17-18-12-13-19-8-6-7-9-20(19)16-18/h3-13,16H,14-15,17H2,1-2H3/q+1. The maximum Gasteiger partial charge on any atom is 0.137 e. The Morgan fingerprint density at radius 2 is 1.48 bits per heavy atom. The van der Waals surface area contributed by atoms with E-state index in [2.05, 4.69) is 56.6 Å². The SMILES string of the molecule is C[N+](C)(CCOc1ccccc1)Cc1ccc2ccccc2c1. The molecule has 0 aliphatic carbocycles. The van der Waals surface area contributed by atoms with Crippen molar-refractivity contribution in [1.82, 2.24) is 0 Å². The number of fused-ring (bicyclic) bond motifs is 1. The van der Waals surface area contributed by atoms with E-state index in [0.29, 0.717) is 0 Å². The summed E-state index contributed by atoms with van der Waals surface area (Å²) in [6.07, 6.45) is 0. The highest BCUT2D eigenvalue weighted by atomic mass is 16.5. The molecule has 0 aliphatic rings. The highest BCUT2D eigenvalue weighted by molar-refractivity contribution is 5.82. The van der Waals surface area contributed by atoms with Gasteiger partial charge in [0.2, 0.25) is 0 Å². The first-order chi connectivity index (χ1) is 11.1. The quantitative estimate of drug-likeness (QED) is 0.609. The van der Waals surface area contributed by atoms with Crippen molar-refractivity contribution in [3.05, 3.63) is 78.4 Å². The number of likely N-dealkylation sites (N-methyl/N-ethyl adjacent to an activating group) is 1. The van der Waals surface area contributed by atoms with Gasteiger partial charge in [-0.15, -0.1) is 0 Å². The predicted molar refractivity (Wildman–Crippen MR) is 96.6 cm³/mol.